The van der Waals surface area contributed by atoms with E-state index in [9.17, 15) is 4.79 Å². The fraction of sp³-hybridized carbons (Fsp3) is 0.909. The summed E-state index contributed by atoms with van der Waals surface area (Å²) in [7, 11) is 3.10. The van der Waals surface area contributed by atoms with Crippen molar-refractivity contribution in [3.05, 3.63) is 0 Å². The molecule has 0 aromatic heterocycles. The second kappa shape index (κ2) is 6.80. The van der Waals surface area contributed by atoms with Crippen LogP contribution in [0, 0.1) is 5.41 Å². The topological polar surface area (TPSA) is 47.6 Å². The summed E-state index contributed by atoms with van der Waals surface area (Å²) in [5.41, 5.74) is 0.136. The highest BCUT2D eigenvalue weighted by Crippen LogP contribution is 2.19. The average molecular weight is 217 g/mol. The van der Waals surface area contributed by atoms with Crippen molar-refractivity contribution in [2.24, 2.45) is 5.41 Å². The van der Waals surface area contributed by atoms with Gasteiger partial charge in [0.2, 0.25) is 0 Å². The maximum atomic E-state index is 11.1. The normalized spacial score (nSPS) is 13.7. The Kier molecular flexibility index (Phi) is 6.52. The van der Waals surface area contributed by atoms with Crippen molar-refractivity contribution in [1.82, 2.24) is 5.32 Å². The summed E-state index contributed by atoms with van der Waals surface area (Å²) < 4.78 is 9.73. The van der Waals surface area contributed by atoms with Crippen molar-refractivity contribution in [3.8, 4) is 0 Å². The fourth-order valence-corrected chi connectivity index (χ4v) is 1.35. The van der Waals surface area contributed by atoms with Gasteiger partial charge in [-0.25, -0.2) is 0 Å². The van der Waals surface area contributed by atoms with Gasteiger partial charge in [0.15, 0.2) is 0 Å². The highest BCUT2D eigenvalue weighted by atomic mass is 16.5. The van der Waals surface area contributed by atoms with E-state index in [0.717, 1.165) is 19.6 Å². The third-order valence-electron chi connectivity index (χ3n) is 2.34. The van der Waals surface area contributed by atoms with Gasteiger partial charge in [0.05, 0.1) is 13.7 Å². The number of esters is 1. The Hall–Kier alpha value is -0.610. The van der Waals surface area contributed by atoms with Crippen LogP contribution in [0.4, 0.5) is 0 Å². The Balaban J connectivity index is 3.73. The lowest BCUT2D eigenvalue weighted by Crippen LogP contribution is -2.37. The number of nitrogens with one attached hydrogen (secondary N) is 1. The van der Waals surface area contributed by atoms with Crippen LogP contribution in [0.2, 0.25) is 0 Å². The van der Waals surface area contributed by atoms with Gasteiger partial charge in [0, 0.05) is 7.11 Å². The highest BCUT2D eigenvalue weighted by molar-refractivity contribution is 5.74. The lowest BCUT2D eigenvalue weighted by Gasteiger charge is -2.24. The van der Waals surface area contributed by atoms with E-state index in [4.69, 9.17) is 4.74 Å². The number of carbonyl (C=O) groups excluding carboxylic acids is 1. The molecule has 0 aromatic rings. The monoisotopic (exact) mass is 217 g/mol. The quantitative estimate of drug-likeness (QED) is 0.651. The van der Waals surface area contributed by atoms with Gasteiger partial charge in [-0.15, -0.1) is 0 Å². The zero-order chi connectivity index (χ0) is 11.9. The van der Waals surface area contributed by atoms with Crippen LogP contribution in [0.5, 0.6) is 0 Å². The second-order valence-electron chi connectivity index (χ2n) is 4.55. The van der Waals surface area contributed by atoms with E-state index < -0.39 is 0 Å². The molecule has 1 atom stereocenters. The van der Waals surface area contributed by atoms with E-state index in [1.807, 2.05) is 0 Å². The molecule has 0 spiro atoms. The molecule has 0 rings (SSSR count). The first-order chi connectivity index (χ1) is 6.93. The van der Waals surface area contributed by atoms with Crippen molar-refractivity contribution in [2.45, 2.75) is 33.2 Å². The molecular formula is C11H23NO3. The van der Waals surface area contributed by atoms with Crippen LogP contribution in [0.25, 0.3) is 0 Å². The van der Waals surface area contributed by atoms with E-state index in [0.29, 0.717) is 0 Å². The maximum Gasteiger partial charge on any atom is 0.322 e. The van der Waals surface area contributed by atoms with Crippen LogP contribution in [0.3, 0.4) is 0 Å². The SMILES string of the molecule is COCC(C)(C)CCNC(C)C(=O)OC. The first-order valence-corrected chi connectivity index (χ1v) is 5.23. The number of rotatable bonds is 7. The van der Waals surface area contributed by atoms with Gasteiger partial charge in [-0.1, -0.05) is 13.8 Å². The van der Waals surface area contributed by atoms with Gasteiger partial charge in [0.25, 0.3) is 0 Å². The van der Waals surface area contributed by atoms with Crippen molar-refractivity contribution in [3.63, 3.8) is 0 Å². The van der Waals surface area contributed by atoms with Crippen LogP contribution in [0.15, 0.2) is 0 Å². The van der Waals surface area contributed by atoms with E-state index >= 15 is 0 Å². The number of hydrogen-bond acceptors (Lipinski definition) is 4. The van der Waals surface area contributed by atoms with Crippen LogP contribution in [-0.2, 0) is 14.3 Å². The molecule has 0 aliphatic heterocycles. The third-order valence-corrected chi connectivity index (χ3v) is 2.34. The van der Waals surface area contributed by atoms with Gasteiger partial charge < -0.3 is 14.8 Å². The molecule has 0 bridgehead atoms. The summed E-state index contributed by atoms with van der Waals surface area (Å²) in [5, 5.41) is 3.12. The predicted octanol–water partition coefficient (Wildman–Crippen LogP) is 1.20. The summed E-state index contributed by atoms with van der Waals surface area (Å²) in [6.45, 7) is 7.59. The Morgan fingerprint density at radius 3 is 2.47 bits per heavy atom. The lowest BCUT2D eigenvalue weighted by molar-refractivity contribution is -0.142. The lowest BCUT2D eigenvalue weighted by atomic mass is 9.90. The minimum Gasteiger partial charge on any atom is -0.468 e. The summed E-state index contributed by atoms with van der Waals surface area (Å²) in [6.07, 6.45) is 0.960. The van der Waals surface area contributed by atoms with Crippen LogP contribution in [-0.4, -0.2) is 39.4 Å². The van der Waals surface area contributed by atoms with Crippen molar-refractivity contribution in [2.75, 3.05) is 27.4 Å². The van der Waals surface area contributed by atoms with Crippen LogP contribution in [0.1, 0.15) is 27.2 Å². The summed E-state index contributed by atoms with van der Waals surface area (Å²) in [6, 6.07) is -0.242. The molecule has 4 nitrogen and oxygen atoms in total. The molecule has 15 heavy (non-hydrogen) atoms. The largest absolute Gasteiger partial charge is 0.468 e. The first-order valence-electron chi connectivity index (χ1n) is 5.23. The van der Waals surface area contributed by atoms with Crippen molar-refractivity contribution >= 4 is 5.97 Å². The third kappa shape index (κ3) is 6.47. The van der Waals surface area contributed by atoms with Gasteiger partial charge in [-0.2, -0.15) is 0 Å². The van der Waals surface area contributed by atoms with Crippen molar-refractivity contribution < 1.29 is 14.3 Å². The van der Waals surface area contributed by atoms with Gasteiger partial charge in [0.1, 0.15) is 6.04 Å². The zero-order valence-electron chi connectivity index (χ0n) is 10.4. The number of hydrogen-bond donors (Lipinski definition) is 1. The fourth-order valence-electron chi connectivity index (χ4n) is 1.35. The second-order valence-corrected chi connectivity index (χ2v) is 4.55. The molecule has 0 amide bonds. The van der Waals surface area contributed by atoms with Crippen LogP contribution >= 0.6 is 0 Å². The Bertz CT molecular complexity index is 192. The Morgan fingerprint density at radius 2 is 2.00 bits per heavy atom. The summed E-state index contributed by atoms with van der Waals surface area (Å²) in [5.74, 6) is -0.223. The number of ether oxygens (including phenoxy) is 2. The Labute approximate surface area is 92.3 Å². The number of carbonyl (C=O) groups is 1. The summed E-state index contributed by atoms with van der Waals surface area (Å²) in [4.78, 5) is 11.1. The van der Waals surface area contributed by atoms with Crippen LogP contribution < -0.4 is 5.32 Å². The van der Waals surface area contributed by atoms with E-state index in [-0.39, 0.29) is 17.4 Å². The molecule has 0 aliphatic rings. The molecule has 0 saturated carbocycles. The number of methoxy groups -OCH3 is 2. The molecule has 0 aromatic carbocycles. The molecule has 0 heterocycles. The standard InChI is InChI=1S/C11H23NO3/c1-9(10(13)15-5)12-7-6-11(2,3)8-14-4/h9,12H,6-8H2,1-5H3. The first kappa shape index (κ1) is 14.4. The molecule has 90 valence electrons. The van der Waals surface area contributed by atoms with Crippen molar-refractivity contribution in [1.29, 1.82) is 0 Å². The zero-order valence-corrected chi connectivity index (χ0v) is 10.4. The van der Waals surface area contributed by atoms with E-state index in [2.05, 4.69) is 23.9 Å². The highest BCUT2D eigenvalue weighted by Gasteiger charge is 2.18. The van der Waals surface area contributed by atoms with Gasteiger partial charge in [-0.3, -0.25) is 4.79 Å². The molecule has 0 aliphatic carbocycles. The van der Waals surface area contributed by atoms with E-state index in [1.165, 1.54) is 7.11 Å². The average Bonchev–Trinajstić information content (AvgIpc) is 2.15. The molecule has 1 N–H and O–H groups in total. The molecule has 1 unspecified atom stereocenters. The molecule has 4 heteroatoms. The van der Waals surface area contributed by atoms with Gasteiger partial charge >= 0.3 is 5.97 Å². The molecule has 0 fully saturated rings. The minimum absolute atomic E-state index is 0.136. The predicted molar refractivity (Wildman–Crippen MR) is 59.8 cm³/mol. The molecule has 0 saturated heterocycles. The molecular weight excluding hydrogens is 194 g/mol. The molecule has 0 radical (unpaired) electrons. The minimum atomic E-state index is -0.242. The smallest absolute Gasteiger partial charge is 0.322 e. The van der Waals surface area contributed by atoms with E-state index in [1.54, 1.807) is 14.0 Å². The van der Waals surface area contributed by atoms with Gasteiger partial charge in [-0.05, 0) is 25.3 Å². The Morgan fingerprint density at radius 1 is 1.40 bits per heavy atom. The summed E-state index contributed by atoms with van der Waals surface area (Å²) >= 11 is 0. The maximum absolute atomic E-state index is 11.1.